The van der Waals surface area contributed by atoms with Crippen LogP contribution in [0.1, 0.15) is 26.5 Å². The highest BCUT2D eigenvalue weighted by molar-refractivity contribution is 5.89. The normalized spacial score (nSPS) is 21.7. The van der Waals surface area contributed by atoms with E-state index in [2.05, 4.69) is 15.0 Å². The van der Waals surface area contributed by atoms with Gasteiger partial charge in [0, 0.05) is 6.92 Å². The van der Waals surface area contributed by atoms with Gasteiger partial charge in [-0.15, -0.1) is 0 Å². The van der Waals surface area contributed by atoms with Crippen molar-refractivity contribution < 1.29 is 29.3 Å². The molecule has 0 fully saturated rings. The summed E-state index contributed by atoms with van der Waals surface area (Å²) in [4.78, 5) is 35.1. The first-order valence-corrected chi connectivity index (χ1v) is 8.01. The number of hydrogen-bond donors (Lipinski definition) is 2. The molecule has 26 heavy (non-hydrogen) atoms. The topological polar surface area (TPSA) is 137 Å². The van der Waals surface area contributed by atoms with Gasteiger partial charge in [-0.05, 0) is 12.5 Å². The second-order valence-electron chi connectivity index (χ2n) is 5.75. The minimum absolute atomic E-state index is 0.213. The molecule has 138 valence electrons. The molecule has 3 rings (SSSR count). The van der Waals surface area contributed by atoms with E-state index >= 15 is 0 Å². The number of imidazole rings is 1. The molecule has 2 N–H and O–H groups in total. The third-order valence-corrected chi connectivity index (χ3v) is 3.97. The van der Waals surface area contributed by atoms with Gasteiger partial charge < -0.3 is 19.7 Å². The van der Waals surface area contributed by atoms with Crippen LogP contribution in [0.15, 0.2) is 24.8 Å². The van der Waals surface area contributed by atoms with Crippen molar-refractivity contribution in [3.05, 3.63) is 24.8 Å². The second-order valence-corrected chi connectivity index (χ2v) is 5.75. The summed E-state index contributed by atoms with van der Waals surface area (Å²) in [5.41, 5.74) is 0.561. The van der Waals surface area contributed by atoms with Gasteiger partial charge in [0.2, 0.25) is 11.7 Å². The first-order chi connectivity index (χ1) is 12.4. The van der Waals surface area contributed by atoms with E-state index in [0.717, 1.165) is 0 Å². The van der Waals surface area contributed by atoms with Gasteiger partial charge in [0.25, 0.3) is 0 Å². The zero-order chi connectivity index (χ0) is 18.8. The minimum atomic E-state index is -1.49. The number of fused-ring (bicyclic) bond motifs is 1. The molecule has 0 saturated carbocycles. The van der Waals surface area contributed by atoms with Crippen molar-refractivity contribution in [3.8, 4) is 5.88 Å². The van der Waals surface area contributed by atoms with Crippen LogP contribution in [0.4, 0.5) is 0 Å². The lowest BCUT2D eigenvalue weighted by Crippen LogP contribution is -2.41. The van der Waals surface area contributed by atoms with Gasteiger partial charge in [-0.3, -0.25) is 14.2 Å². The molecule has 0 spiro atoms. The molecule has 0 bridgehead atoms. The Kier molecular flexibility index (Phi) is 4.96. The van der Waals surface area contributed by atoms with Gasteiger partial charge in [-0.2, -0.15) is 4.98 Å². The largest absolute Gasteiger partial charge is 0.492 e. The van der Waals surface area contributed by atoms with Crippen molar-refractivity contribution in [1.82, 2.24) is 19.5 Å². The molecule has 3 heterocycles. The molecule has 0 aliphatic carbocycles. The number of ketones is 1. The number of aliphatic hydroxyl groups is 1. The lowest BCUT2D eigenvalue weighted by molar-refractivity contribution is -0.159. The average Bonchev–Trinajstić information content (AvgIpc) is 3.25. The molecule has 0 radical (unpaired) electrons. The van der Waals surface area contributed by atoms with Gasteiger partial charge in [0.05, 0.1) is 6.33 Å². The summed E-state index contributed by atoms with van der Waals surface area (Å²) < 4.78 is 12.2. The van der Waals surface area contributed by atoms with Gasteiger partial charge >= 0.3 is 5.97 Å². The molecule has 0 saturated heterocycles. The second kappa shape index (κ2) is 7.18. The van der Waals surface area contributed by atoms with E-state index in [1.54, 1.807) is 19.1 Å². The maximum absolute atomic E-state index is 12.3. The number of aliphatic hydroxyl groups excluding tert-OH is 1. The highest BCUT2D eigenvalue weighted by Crippen LogP contribution is 2.28. The van der Waals surface area contributed by atoms with Crippen LogP contribution in [0.3, 0.4) is 0 Å². The number of aromatic nitrogens is 4. The number of nitrogens with zero attached hydrogens (tertiary/aromatic N) is 4. The Morgan fingerprint density at radius 3 is 2.81 bits per heavy atom. The van der Waals surface area contributed by atoms with Crippen molar-refractivity contribution in [1.29, 1.82) is 0 Å². The monoisotopic (exact) mass is 362 g/mol. The molecule has 4 atom stereocenters. The molecular formula is C16H18N4O6. The maximum Gasteiger partial charge on any atom is 0.303 e. The third kappa shape index (κ3) is 3.28. The van der Waals surface area contributed by atoms with Crippen LogP contribution < -0.4 is 0 Å². The quantitative estimate of drug-likeness (QED) is 0.547. The predicted octanol–water partition coefficient (Wildman–Crippen LogP) is 0.257. The fourth-order valence-electron chi connectivity index (χ4n) is 2.72. The number of Topliss-reactive ketones (excluding diaryl/α,β-unsaturated/α-hetero) is 1. The summed E-state index contributed by atoms with van der Waals surface area (Å²) in [6, 6.07) is 0. The summed E-state index contributed by atoms with van der Waals surface area (Å²) in [6.07, 6.45) is 1.93. The van der Waals surface area contributed by atoms with E-state index in [0.29, 0.717) is 5.65 Å². The van der Waals surface area contributed by atoms with Crippen LogP contribution in [0.2, 0.25) is 0 Å². The summed E-state index contributed by atoms with van der Waals surface area (Å²) >= 11 is 0. The summed E-state index contributed by atoms with van der Waals surface area (Å²) in [5, 5.41) is 20.0. The number of esters is 1. The summed E-state index contributed by atoms with van der Waals surface area (Å²) in [6.45, 7) is 2.88. The Balaban J connectivity index is 1.74. The highest BCUT2D eigenvalue weighted by Gasteiger charge is 2.36. The van der Waals surface area contributed by atoms with Gasteiger partial charge in [0.1, 0.15) is 18.5 Å². The molecule has 10 nitrogen and oxygen atoms in total. The Morgan fingerprint density at radius 1 is 1.35 bits per heavy atom. The minimum Gasteiger partial charge on any atom is -0.492 e. The van der Waals surface area contributed by atoms with Gasteiger partial charge in [-0.25, -0.2) is 9.97 Å². The van der Waals surface area contributed by atoms with Gasteiger partial charge in [-0.1, -0.05) is 13.0 Å². The molecule has 1 aliphatic rings. The van der Waals surface area contributed by atoms with Crippen LogP contribution in [-0.4, -0.2) is 59.8 Å². The first-order valence-electron chi connectivity index (χ1n) is 8.01. The lowest BCUT2D eigenvalue weighted by atomic mass is 10.0. The van der Waals surface area contributed by atoms with Gasteiger partial charge in [0.15, 0.2) is 23.5 Å². The Labute approximate surface area is 148 Å². The van der Waals surface area contributed by atoms with Crippen molar-refractivity contribution in [2.24, 2.45) is 0 Å². The van der Waals surface area contributed by atoms with Crippen LogP contribution >= 0.6 is 0 Å². The summed E-state index contributed by atoms with van der Waals surface area (Å²) in [5.74, 6) is -1.48. The molecule has 1 aliphatic heterocycles. The molecule has 10 heteroatoms. The van der Waals surface area contributed by atoms with Crippen molar-refractivity contribution in [3.63, 3.8) is 0 Å². The molecule has 2 unspecified atom stereocenters. The summed E-state index contributed by atoms with van der Waals surface area (Å²) in [7, 11) is 0. The molecule has 0 amide bonds. The number of rotatable bonds is 6. The van der Waals surface area contributed by atoms with Crippen LogP contribution in [-0.2, 0) is 19.1 Å². The van der Waals surface area contributed by atoms with E-state index in [-0.39, 0.29) is 17.8 Å². The standard InChI is InChI=1S/C16H18N4O6/c1-3-9(25-8(2)21)13(22)14(23)10-4-5-11(26-10)20-7-19-12-15(20)17-6-18-16(12)24/h4-7,9-11,14,23H,3H2,1-2H3,(H,17,18,24)/t9?,10-,11+,14?/m0/s1. The van der Waals surface area contributed by atoms with Crippen LogP contribution in [0.5, 0.6) is 5.88 Å². The van der Waals surface area contributed by atoms with Crippen molar-refractivity contribution in [2.45, 2.75) is 44.8 Å². The first kappa shape index (κ1) is 18.0. The zero-order valence-corrected chi connectivity index (χ0v) is 14.1. The number of aromatic hydroxyl groups is 1. The molecular weight excluding hydrogens is 344 g/mol. The van der Waals surface area contributed by atoms with Crippen molar-refractivity contribution in [2.75, 3.05) is 0 Å². The SMILES string of the molecule is CCC(OC(C)=O)C(=O)C(O)[C@@H]1C=C[C@H](n2cnc3c(O)ncnc32)O1. The van der Waals surface area contributed by atoms with Crippen LogP contribution in [0.25, 0.3) is 11.2 Å². The van der Waals surface area contributed by atoms with Crippen LogP contribution in [0, 0.1) is 0 Å². The maximum atomic E-state index is 12.3. The van der Waals surface area contributed by atoms with E-state index < -0.39 is 36.3 Å². The average molecular weight is 362 g/mol. The molecule has 2 aromatic rings. The number of hydrogen-bond acceptors (Lipinski definition) is 9. The smallest absolute Gasteiger partial charge is 0.303 e. The Morgan fingerprint density at radius 2 is 2.12 bits per heavy atom. The molecule has 2 aromatic heterocycles. The number of carbonyl (C=O) groups is 2. The lowest BCUT2D eigenvalue weighted by Gasteiger charge is -2.22. The van der Waals surface area contributed by atoms with E-state index in [9.17, 15) is 19.8 Å². The van der Waals surface area contributed by atoms with E-state index in [1.165, 1.54) is 24.1 Å². The predicted molar refractivity (Wildman–Crippen MR) is 86.9 cm³/mol. The number of carbonyl (C=O) groups excluding carboxylic acids is 2. The fraction of sp³-hybridized carbons (Fsp3) is 0.438. The van der Waals surface area contributed by atoms with Crippen molar-refractivity contribution >= 4 is 22.9 Å². The number of ether oxygens (including phenoxy) is 2. The Hall–Kier alpha value is -2.85. The highest BCUT2D eigenvalue weighted by atomic mass is 16.6. The van der Waals surface area contributed by atoms with E-state index in [1.807, 2.05) is 0 Å². The Bertz CT molecular complexity index is 864. The fourth-order valence-corrected chi connectivity index (χ4v) is 2.72. The molecule has 0 aromatic carbocycles. The zero-order valence-electron chi connectivity index (χ0n) is 14.1. The van der Waals surface area contributed by atoms with E-state index in [4.69, 9.17) is 9.47 Å². The third-order valence-electron chi connectivity index (χ3n) is 3.97.